The number of rotatable bonds is 9. The summed E-state index contributed by atoms with van der Waals surface area (Å²) < 4.78 is 12.0. The van der Waals surface area contributed by atoms with E-state index in [1.165, 1.54) is 10.7 Å². The fourth-order valence-electron chi connectivity index (χ4n) is 4.58. The number of carbonyl (C=O) groups is 2. The topological polar surface area (TPSA) is 140 Å². The van der Waals surface area contributed by atoms with Crippen LogP contribution < -0.4 is 30.7 Å². The quantitative estimate of drug-likeness (QED) is 0.259. The van der Waals surface area contributed by atoms with E-state index in [2.05, 4.69) is 37.6 Å². The summed E-state index contributed by atoms with van der Waals surface area (Å²) in [6, 6.07) is 17.5. The molecule has 12 heteroatoms. The Labute approximate surface area is 244 Å². The van der Waals surface area contributed by atoms with Gasteiger partial charge in [-0.3, -0.25) is 14.3 Å². The molecule has 0 aliphatic carbocycles. The average Bonchev–Trinajstić information content (AvgIpc) is 3.40. The van der Waals surface area contributed by atoms with Crippen LogP contribution in [0.25, 0.3) is 0 Å². The maximum Gasteiger partial charge on any atom is 0.274 e. The molecule has 42 heavy (non-hydrogen) atoms. The largest absolute Gasteiger partial charge is 0.497 e. The third-order valence-electron chi connectivity index (χ3n) is 7.09. The molecule has 0 bridgehead atoms. The second kappa shape index (κ2) is 12.6. The van der Waals surface area contributed by atoms with Crippen LogP contribution in [-0.2, 0) is 6.54 Å². The molecule has 0 atom stereocenters. The number of piperazine rings is 1. The monoisotopic (exact) mass is 570 g/mol. The lowest BCUT2D eigenvalue weighted by Gasteiger charge is -2.33. The Hall–Kier alpha value is -5.10. The number of carbonyl (C=O) groups excluding carboxylic acids is 2. The van der Waals surface area contributed by atoms with Gasteiger partial charge in [0.15, 0.2) is 5.82 Å². The Morgan fingerprint density at radius 2 is 1.60 bits per heavy atom. The maximum atomic E-state index is 13.4. The molecular weight excluding hydrogens is 536 g/mol. The number of benzene rings is 2. The number of nitrogens with zero attached hydrogens (tertiary/aromatic N) is 5. The first-order valence-corrected chi connectivity index (χ1v) is 13.5. The van der Waals surface area contributed by atoms with Crippen LogP contribution in [0.1, 0.15) is 26.4 Å². The molecule has 1 aliphatic heterocycles. The van der Waals surface area contributed by atoms with Crippen LogP contribution in [0.4, 0.5) is 23.0 Å². The van der Waals surface area contributed by atoms with Gasteiger partial charge in [-0.1, -0.05) is 12.1 Å². The Bertz CT molecular complexity index is 1540. The van der Waals surface area contributed by atoms with Gasteiger partial charge in [-0.05, 0) is 49.0 Å². The zero-order chi connectivity index (χ0) is 29.6. The summed E-state index contributed by atoms with van der Waals surface area (Å²) in [6.45, 7) is 3.97. The molecule has 2 amide bonds. The van der Waals surface area contributed by atoms with E-state index >= 15 is 0 Å². The van der Waals surface area contributed by atoms with Gasteiger partial charge in [0.25, 0.3) is 11.8 Å². The summed E-state index contributed by atoms with van der Waals surface area (Å²) >= 11 is 0. The lowest BCUT2D eigenvalue weighted by Crippen LogP contribution is -2.44. The van der Waals surface area contributed by atoms with Crippen LogP contribution in [0.2, 0.25) is 0 Å². The number of methoxy groups -OCH3 is 2. The highest BCUT2D eigenvalue weighted by Gasteiger charge is 2.20. The predicted molar refractivity (Wildman–Crippen MR) is 162 cm³/mol. The molecule has 0 spiro atoms. The molecule has 5 rings (SSSR count). The second-order valence-electron chi connectivity index (χ2n) is 9.98. The summed E-state index contributed by atoms with van der Waals surface area (Å²) in [5, 5.41) is 10.2. The maximum absolute atomic E-state index is 13.4. The zero-order valence-corrected chi connectivity index (χ0v) is 23.8. The Balaban J connectivity index is 1.35. The Morgan fingerprint density at radius 3 is 2.24 bits per heavy atom. The number of hydrogen-bond acceptors (Lipinski definition) is 9. The number of pyridine rings is 1. The van der Waals surface area contributed by atoms with Crippen molar-refractivity contribution >= 4 is 34.8 Å². The van der Waals surface area contributed by atoms with Gasteiger partial charge in [0.1, 0.15) is 23.0 Å². The van der Waals surface area contributed by atoms with Gasteiger partial charge in [0.05, 0.1) is 37.7 Å². The highest BCUT2D eigenvalue weighted by molar-refractivity contribution is 6.07. The molecule has 2 aromatic carbocycles. The van der Waals surface area contributed by atoms with Crippen LogP contribution in [-0.4, -0.2) is 78.9 Å². The van der Waals surface area contributed by atoms with E-state index in [-0.39, 0.29) is 24.0 Å². The van der Waals surface area contributed by atoms with Crippen molar-refractivity contribution in [2.45, 2.75) is 6.54 Å². The number of nitrogen functional groups attached to an aromatic ring is 1. The van der Waals surface area contributed by atoms with E-state index in [1.54, 1.807) is 44.7 Å². The molecule has 4 aromatic rings. The van der Waals surface area contributed by atoms with E-state index in [9.17, 15) is 9.59 Å². The molecule has 0 saturated carbocycles. The van der Waals surface area contributed by atoms with Gasteiger partial charge in [-0.2, -0.15) is 5.10 Å². The van der Waals surface area contributed by atoms with Gasteiger partial charge in [0.2, 0.25) is 0 Å². The van der Waals surface area contributed by atoms with Crippen molar-refractivity contribution < 1.29 is 19.1 Å². The number of likely N-dealkylation sites (N-methyl/N-ethyl adjacent to an activating group) is 1. The summed E-state index contributed by atoms with van der Waals surface area (Å²) in [7, 11) is 5.24. The minimum absolute atomic E-state index is 0.226. The number of aromatic nitrogens is 3. The van der Waals surface area contributed by atoms with Crippen molar-refractivity contribution in [1.29, 1.82) is 0 Å². The van der Waals surface area contributed by atoms with Crippen molar-refractivity contribution in [3.05, 3.63) is 83.7 Å². The summed E-state index contributed by atoms with van der Waals surface area (Å²) in [6.07, 6.45) is 1.55. The SMILES string of the molecule is COc1ccc(Cn2nc(NC(=O)c3ccc(N4CCN(C)CC4)nc3)cc2C(=O)Nc2ccc(OC)cc2N)cc1. The van der Waals surface area contributed by atoms with Crippen molar-refractivity contribution in [3.63, 3.8) is 0 Å². The van der Waals surface area contributed by atoms with Crippen molar-refractivity contribution in [3.8, 4) is 11.5 Å². The third kappa shape index (κ3) is 6.61. The first-order valence-electron chi connectivity index (χ1n) is 13.5. The first-order chi connectivity index (χ1) is 20.3. The molecule has 0 unspecified atom stereocenters. The average molecular weight is 571 g/mol. The second-order valence-corrected chi connectivity index (χ2v) is 9.98. The molecule has 1 fully saturated rings. The lowest BCUT2D eigenvalue weighted by molar-refractivity contribution is 0.101. The van der Waals surface area contributed by atoms with Gasteiger partial charge < -0.3 is 35.6 Å². The smallest absolute Gasteiger partial charge is 0.274 e. The minimum atomic E-state index is -0.438. The number of anilines is 4. The lowest BCUT2D eigenvalue weighted by atomic mass is 10.2. The highest BCUT2D eigenvalue weighted by atomic mass is 16.5. The van der Waals surface area contributed by atoms with Crippen LogP contribution in [0.15, 0.2) is 66.9 Å². The van der Waals surface area contributed by atoms with Crippen molar-refractivity contribution in [2.75, 3.05) is 68.7 Å². The molecule has 12 nitrogen and oxygen atoms in total. The molecule has 4 N–H and O–H groups in total. The van der Waals surface area contributed by atoms with Crippen LogP contribution >= 0.6 is 0 Å². The Kier molecular flexibility index (Phi) is 8.53. The fourth-order valence-corrected chi connectivity index (χ4v) is 4.58. The Morgan fingerprint density at radius 1 is 0.881 bits per heavy atom. The van der Waals surface area contributed by atoms with Gasteiger partial charge >= 0.3 is 0 Å². The molecule has 1 saturated heterocycles. The summed E-state index contributed by atoms with van der Waals surface area (Å²) in [4.78, 5) is 35.5. The highest BCUT2D eigenvalue weighted by Crippen LogP contribution is 2.25. The van der Waals surface area contributed by atoms with Gasteiger partial charge in [0, 0.05) is 44.5 Å². The van der Waals surface area contributed by atoms with E-state index in [0.29, 0.717) is 28.4 Å². The van der Waals surface area contributed by atoms with E-state index < -0.39 is 5.91 Å². The number of nitrogens with two attached hydrogens (primary N) is 1. The van der Waals surface area contributed by atoms with Crippen LogP contribution in [0, 0.1) is 0 Å². The van der Waals surface area contributed by atoms with Crippen molar-refractivity contribution in [2.24, 2.45) is 0 Å². The molecule has 2 aromatic heterocycles. The molecule has 1 aliphatic rings. The van der Waals surface area contributed by atoms with E-state index in [1.807, 2.05) is 30.3 Å². The predicted octanol–water partition coefficient (Wildman–Crippen LogP) is 3.18. The van der Waals surface area contributed by atoms with Gasteiger partial charge in [-0.15, -0.1) is 0 Å². The van der Waals surface area contributed by atoms with E-state index in [0.717, 1.165) is 37.6 Å². The normalized spacial score (nSPS) is 13.5. The summed E-state index contributed by atoms with van der Waals surface area (Å²) in [5.41, 5.74) is 8.40. The number of nitrogens with one attached hydrogen (secondary N) is 2. The standard InChI is InChI=1S/C30H34N8O4/c1-36-12-14-37(15-13-36)28-11-6-21(18-32-28)29(39)34-27-17-26(30(40)33-25-10-9-23(42-3)16-24(25)31)38(35-27)19-20-4-7-22(41-2)8-5-20/h4-11,16-18H,12-15,19,31H2,1-3H3,(H,33,40)(H,34,35,39). The number of hydrogen-bond donors (Lipinski definition) is 3. The number of ether oxygens (including phenoxy) is 2. The zero-order valence-electron chi connectivity index (χ0n) is 23.8. The molecule has 0 radical (unpaired) electrons. The van der Waals surface area contributed by atoms with Gasteiger partial charge in [-0.25, -0.2) is 4.98 Å². The van der Waals surface area contributed by atoms with Crippen molar-refractivity contribution in [1.82, 2.24) is 19.7 Å². The molecule has 3 heterocycles. The fraction of sp³-hybridized carbons (Fsp3) is 0.267. The minimum Gasteiger partial charge on any atom is -0.497 e. The van der Waals surface area contributed by atoms with E-state index in [4.69, 9.17) is 15.2 Å². The van der Waals surface area contributed by atoms with Crippen LogP contribution in [0.5, 0.6) is 11.5 Å². The molecule has 218 valence electrons. The first kappa shape index (κ1) is 28.4. The molecular formula is C30H34N8O4. The third-order valence-corrected chi connectivity index (χ3v) is 7.09. The van der Waals surface area contributed by atoms with Crippen LogP contribution in [0.3, 0.4) is 0 Å². The number of amides is 2. The summed E-state index contributed by atoms with van der Waals surface area (Å²) in [5.74, 6) is 1.53.